The summed E-state index contributed by atoms with van der Waals surface area (Å²) in [5.41, 5.74) is 1.89. The molecule has 1 unspecified atom stereocenters. The van der Waals surface area contributed by atoms with Crippen LogP contribution in [-0.2, 0) is 14.3 Å². The molecule has 1 aliphatic rings. The average Bonchev–Trinajstić information content (AvgIpc) is 2.61. The van der Waals surface area contributed by atoms with Gasteiger partial charge in [0.25, 0.3) is 0 Å². The second-order valence-corrected chi connectivity index (χ2v) is 6.72. The summed E-state index contributed by atoms with van der Waals surface area (Å²) < 4.78 is 15.5. The minimum atomic E-state index is -1.86. The minimum absolute atomic E-state index is 0. The summed E-state index contributed by atoms with van der Waals surface area (Å²) in [5, 5.41) is 40.6. The van der Waals surface area contributed by atoms with Crippen LogP contribution in [0, 0.1) is 13.8 Å². The number of aryl methyl sites for hydroxylation is 2. The van der Waals surface area contributed by atoms with Gasteiger partial charge in [-0.2, -0.15) is 0 Å². The summed E-state index contributed by atoms with van der Waals surface area (Å²) in [6.45, 7) is 5.59. The Morgan fingerprint density at radius 3 is 2.28 bits per heavy atom. The molecule has 6 atom stereocenters. The van der Waals surface area contributed by atoms with E-state index >= 15 is 0 Å². The van der Waals surface area contributed by atoms with Crippen LogP contribution in [-0.4, -0.2) is 105 Å². The predicted octanol–water partition coefficient (Wildman–Crippen LogP) is -0.692. The van der Waals surface area contributed by atoms with Crippen LogP contribution in [0.5, 0.6) is 5.75 Å². The van der Waals surface area contributed by atoms with E-state index in [1.807, 2.05) is 32.0 Å². The first-order valence-electron chi connectivity index (χ1n) is 8.70. The number of alkyl carbamates (subject to hydrolysis) is 1. The zero-order valence-corrected chi connectivity index (χ0v) is 18.7. The number of rotatable bonds is 6. The number of carboxylic acids is 1. The monoisotopic (exact) mass is 422 g/mol. The van der Waals surface area contributed by atoms with E-state index < -0.39 is 48.8 Å². The van der Waals surface area contributed by atoms with Crippen molar-refractivity contribution < 1.29 is 44.2 Å². The fourth-order valence-electron chi connectivity index (χ4n) is 2.77. The predicted molar refractivity (Wildman–Crippen MR) is 101 cm³/mol. The Morgan fingerprint density at radius 2 is 1.72 bits per heavy atom. The summed E-state index contributed by atoms with van der Waals surface area (Å²) in [7, 11) is 0. The number of aliphatic carboxylic acids is 1. The molecule has 2 rings (SSSR count). The van der Waals surface area contributed by atoms with Crippen molar-refractivity contribution in [1.29, 1.82) is 0 Å². The Hall–Kier alpha value is -1.40. The molecule has 1 saturated heterocycles. The van der Waals surface area contributed by atoms with Crippen LogP contribution in [0.1, 0.15) is 18.1 Å². The molecule has 10 nitrogen and oxygen atoms in total. The molecule has 1 aromatic rings. The van der Waals surface area contributed by atoms with Crippen LogP contribution in [0.25, 0.3) is 0 Å². The van der Waals surface area contributed by atoms with Crippen LogP contribution in [0.15, 0.2) is 18.2 Å². The molecule has 157 valence electrons. The van der Waals surface area contributed by atoms with Gasteiger partial charge >= 0.3 is 12.1 Å². The van der Waals surface area contributed by atoms with Crippen LogP contribution in [0.2, 0.25) is 0 Å². The third kappa shape index (κ3) is 6.54. The Kier molecular flexibility index (Phi) is 9.83. The van der Waals surface area contributed by atoms with E-state index in [0.29, 0.717) is 5.75 Å². The third-order valence-corrected chi connectivity index (χ3v) is 4.29. The number of nitrogens with one attached hydrogen (secondary N) is 1. The van der Waals surface area contributed by atoms with Crippen molar-refractivity contribution in [3.8, 4) is 5.75 Å². The Morgan fingerprint density at radius 1 is 1.14 bits per heavy atom. The van der Waals surface area contributed by atoms with Crippen molar-refractivity contribution in [2.24, 2.45) is 0 Å². The molecule has 0 aliphatic carbocycles. The minimum Gasteiger partial charge on any atom is -0.491 e. The molecule has 11 heteroatoms. The normalized spacial score (nSPS) is 27.3. The van der Waals surface area contributed by atoms with Crippen molar-refractivity contribution in [3.05, 3.63) is 29.3 Å². The largest absolute Gasteiger partial charge is 0.491 e. The van der Waals surface area contributed by atoms with E-state index in [2.05, 4.69) is 5.32 Å². The van der Waals surface area contributed by atoms with Gasteiger partial charge in [0.15, 0.2) is 6.10 Å². The first-order valence-corrected chi connectivity index (χ1v) is 8.70. The summed E-state index contributed by atoms with van der Waals surface area (Å²) >= 11 is 0. The number of carboxylic acid groups (broad SMARTS) is 1. The molecule has 1 amide bonds. The third-order valence-electron chi connectivity index (χ3n) is 4.29. The van der Waals surface area contributed by atoms with Gasteiger partial charge in [-0.3, -0.25) is 0 Å². The Labute approximate surface area is 190 Å². The van der Waals surface area contributed by atoms with Gasteiger partial charge in [-0.1, -0.05) is 18.2 Å². The number of aliphatic hydroxyl groups is 3. The van der Waals surface area contributed by atoms with E-state index in [1.54, 1.807) is 6.92 Å². The van der Waals surface area contributed by atoms with Gasteiger partial charge in [0.1, 0.15) is 30.7 Å². The molecule has 1 aromatic carbocycles. The number of ether oxygens (including phenoxy) is 3. The number of carbonyl (C=O) groups excluding carboxylic acids is 1. The van der Waals surface area contributed by atoms with E-state index in [-0.39, 0.29) is 36.2 Å². The number of amides is 1. The fraction of sp³-hybridized carbons (Fsp3) is 0.556. The van der Waals surface area contributed by atoms with Gasteiger partial charge in [-0.25, -0.2) is 9.59 Å². The topological polar surface area (TPSA) is 155 Å². The molecule has 5 N–H and O–H groups in total. The molecule has 0 bridgehead atoms. The average molecular weight is 422 g/mol. The van der Waals surface area contributed by atoms with E-state index in [0.717, 1.165) is 11.1 Å². The van der Waals surface area contributed by atoms with Gasteiger partial charge in [0, 0.05) is 29.6 Å². The van der Waals surface area contributed by atoms with E-state index in [1.165, 1.54) is 0 Å². The number of para-hydroxylation sites is 1. The smallest absolute Gasteiger partial charge is 0.409 e. The maximum atomic E-state index is 12.0. The molecule has 1 heterocycles. The zero-order valence-electron chi connectivity index (χ0n) is 16.7. The number of benzene rings is 1. The summed E-state index contributed by atoms with van der Waals surface area (Å²) in [6.07, 6.45) is -10.1. The van der Waals surface area contributed by atoms with Gasteiger partial charge in [0.2, 0.25) is 6.29 Å². The molecule has 1 aliphatic heterocycles. The van der Waals surface area contributed by atoms with Crippen LogP contribution >= 0.6 is 0 Å². The second kappa shape index (κ2) is 11.1. The number of hydrogen-bond donors (Lipinski definition) is 5. The summed E-state index contributed by atoms with van der Waals surface area (Å²) in [6, 6.07) is 5.21. The van der Waals surface area contributed by atoms with Crippen molar-refractivity contribution in [3.63, 3.8) is 0 Å². The maximum Gasteiger partial charge on any atom is 0.409 e. The van der Waals surface area contributed by atoms with Gasteiger partial charge in [-0.05, 0) is 31.9 Å². The van der Waals surface area contributed by atoms with Crippen LogP contribution in [0.4, 0.5) is 4.79 Å². The summed E-state index contributed by atoms with van der Waals surface area (Å²) in [5.74, 6) is -0.861. The first-order chi connectivity index (χ1) is 13.1. The summed E-state index contributed by atoms with van der Waals surface area (Å²) in [4.78, 5) is 23.1. The molecule has 0 saturated carbocycles. The van der Waals surface area contributed by atoms with Crippen molar-refractivity contribution in [1.82, 2.24) is 5.32 Å². The van der Waals surface area contributed by atoms with Crippen molar-refractivity contribution >= 4 is 41.6 Å². The van der Waals surface area contributed by atoms with Gasteiger partial charge in [0.05, 0.1) is 6.04 Å². The zero-order chi connectivity index (χ0) is 21.0. The molecule has 1 fully saturated rings. The van der Waals surface area contributed by atoms with Crippen molar-refractivity contribution in [2.45, 2.75) is 57.5 Å². The van der Waals surface area contributed by atoms with Crippen molar-refractivity contribution in [2.75, 3.05) is 6.61 Å². The maximum absolute atomic E-state index is 12.0. The molecular weight excluding hydrogens is 397 g/mol. The Balaban J connectivity index is 0.00000420. The first kappa shape index (κ1) is 25.6. The molecular formula is C18H25NNaO9. The number of aliphatic hydroxyl groups excluding tert-OH is 3. The van der Waals surface area contributed by atoms with E-state index in [4.69, 9.17) is 19.3 Å². The standard InChI is InChI=1S/C18H25NO9.Na/c1-8-5-4-6-9(2)14(8)26-7-10(3)19-18(25)28-17-13(22)11(20)12(21)15(27-17)16(23)24;/h4-6,10-13,15,17,20-22H,7H2,1-3H3,(H,19,25)(H,23,24);/t10?,11-,12-,13+,15-,17-;/m0./s1. The number of carbonyl (C=O) groups is 2. The number of hydrogen-bond acceptors (Lipinski definition) is 8. The molecule has 0 aromatic heterocycles. The van der Waals surface area contributed by atoms with Crippen LogP contribution < -0.4 is 10.1 Å². The van der Waals surface area contributed by atoms with Crippen LogP contribution in [0.3, 0.4) is 0 Å². The quantitative estimate of drug-likeness (QED) is 0.375. The SMILES string of the molecule is Cc1cccc(C)c1OCC(C)NC(=O)O[C@@H]1O[C@H](C(=O)O)[C@@H](O)[C@H](O)[C@H]1O.[Na]. The Bertz CT molecular complexity index is 696. The molecule has 0 spiro atoms. The van der Waals surface area contributed by atoms with Gasteiger partial charge in [-0.15, -0.1) is 0 Å². The van der Waals surface area contributed by atoms with E-state index in [9.17, 15) is 24.9 Å². The second-order valence-electron chi connectivity index (χ2n) is 6.72. The molecule has 29 heavy (non-hydrogen) atoms. The molecule has 1 radical (unpaired) electrons. The van der Waals surface area contributed by atoms with Gasteiger partial charge < -0.3 is 40.0 Å². The fourth-order valence-corrected chi connectivity index (χ4v) is 2.77.